The number of carboxylic acid groups (broad SMARTS) is 1. The summed E-state index contributed by atoms with van der Waals surface area (Å²) in [6.07, 6.45) is 0. The first-order valence-corrected chi connectivity index (χ1v) is 5.07. The Labute approximate surface area is 92.7 Å². The molecule has 1 aromatic rings. The number of carbonyl (C=O) groups is 1. The highest BCUT2D eigenvalue weighted by molar-refractivity contribution is 7.80. The summed E-state index contributed by atoms with van der Waals surface area (Å²) < 4.78 is 5.31. The van der Waals surface area contributed by atoms with E-state index in [1.165, 1.54) is 0 Å². The average Bonchev–Trinajstić information content (AvgIpc) is 2.55. The number of hydrogen-bond acceptors (Lipinski definition) is 4. The molecule has 4 nitrogen and oxygen atoms in total. The van der Waals surface area contributed by atoms with E-state index in [2.05, 4.69) is 17.9 Å². The molecular formula is C10H11NO3S. The van der Waals surface area contributed by atoms with Crippen LogP contribution in [0.3, 0.4) is 0 Å². The van der Waals surface area contributed by atoms with Crippen LogP contribution < -0.4 is 10.1 Å². The van der Waals surface area contributed by atoms with Gasteiger partial charge in [-0.15, -0.1) is 12.6 Å². The van der Waals surface area contributed by atoms with E-state index in [1.54, 1.807) is 25.1 Å². The number of fused-ring (bicyclic) bond motifs is 1. The first-order valence-electron chi connectivity index (χ1n) is 4.56. The van der Waals surface area contributed by atoms with E-state index in [9.17, 15) is 4.79 Å². The fourth-order valence-electron chi connectivity index (χ4n) is 1.46. The van der Waals surface area contributed by atoms with Crippen molar-refractivity contribution in [3.63, 3.8) is 0 Å². The van der Waals surface area contributed by atoms with Crippen molar-refractivity contribution in [3.8, 4) is 5.75 Å². The smallest absolute Gasteiger partial charge is 0.310 e. The molecule has 0 fully saturated rings. The number of benzene rings is 1. The van der Waals surface area contributed by atoms with Crippen LogP contribution >= 0.6 is 12.6 Å². The zero-order valence-corrected chi connectivity index (χ0v) is 8.99. The number of ether oxygens (including phenoxy) is 1. The Hall–Kier alpha value is -1.36. The zero-order chi connectivity index (χ0) is 11.0. The molecule has 0 bridgehead atoms. The van der Waals surface area contributed by atoms with Gasteiger partial charge in [0.25, 0.3) is 0 Å². The van der Waals surface area contributed by atoms with Gasteiger partial charge in [0.1, 0.15) is 5.75 Å². The van der Waals surface area contributed by atoms with E-state index in [0.717, 1.165) is 11.3 Å². The third-order valence-electron chi connectivity index (χ3n) is 2.39. The Kier molecular flexibility index (Phi) is 2.48. The fraction of sp³-hybridized carbons (Fsp3) is 0.300. The van der Waals surface area contributed by atoms with Crippen LogP contribution in [-0.4, -0.2) is 16.6 Å². The van der Waals surface area contributed by atoms with Gasteiger partial charge in [0.2, 0.25) is 5.56 Å². The van der Waals surface area contributed by atoms with Crippen LogP contribution in [0.2, 0.25) is 0 Å². The lowest BCUT2D eigenvalue weighted by atomic mass is 10.0. The highest BCUT2D eigenvalue weighted by Gasteiger charge is 2.21. The fourth-order valence-corrected chi connectivity index (χ4v) is 1.71. The van der Waals surface area contributed by atoms with Crippen LogP contribution in [0.25, 0.3) is 0 Å². The molecule has 0 saturated heterocycles. The normalized spacial score (nSPS) is 20.0. The lowest BCUT2D eigenvalue weighted by molar-refractivity contribution is -0.138. The van der Waals surface area contributed by atoms with Gasteiger partial charge in [-0.3, -0.25) is 4.79 Å². The second kappa shape index (κ2) is 3.66. The molecule has 1 heterocycles. The summed E-state index contributed by atoms with van der Waals surface area (Å²) in [6.45, 7) is 1.65. The van der Waals surface area contributed by atoms with Gasteiger partial charge in [0.15, 0.2) is 0 Å². The molecule has 1 aliphatic rings. The predicted octanol–water partition coefficient (Wildman–Crippen LogP) is 1.89. The van der Waals surface area contributed by atoms with E-state index in [-0.39, 0.29) is 5.56 Å². The first kappa shape index (κ1) is 10.2. The summed E-state index contributed by atoms with van der Waals surface area (Å²) in [5.41, 5.74) is 1.19. The van der Waals surface area contributed by atoms with Crippen molar-refractivity contribution >= 4 is 24.3 Å². The summed E-state index contributed by atoms with van der Waals surface area (Å²) in [6, 6.07) is 5.29. The lowest BCUT2D eigenvalue weighted by Gasteiger charge is -2.07. The number of hydrogen-bond donors (Lipinski definition) is 3. The molecule has 0 amide bonds. The molecule has 0 saturated carbocycles. The summed E-state index contributed by atoms with van der Waals surface area (Å²) in [7, 11) is 0. The van der Waals surface area contributed by atoms with Gasteiger partial charge in [0, 0.05) is 0 Å². The Morgan fingerprint density at radius 1 is 1.67 bits per heavy atom. The van der Waals surface area contributed by atoms with Gasteiger partial charge in [-0.25, -0.2) is 0 Å². The molecular weight excluding hydrogens is 214 g/mol. The molecule has 2 unspecified atom stereocenters. The maximum atomic E-state index is 10.8. The summed E-state index contributed by atoms with van der Waals surface area (Å²) >= 11 is 4.11. The third kappa shape index (κ3) is 1.87. The number of aliphatic carboxylic acids is 1. The van der Waals surface area contributed by atoms with Crippen LogP contribution in [0.15, 0.2) is 18.2 Å². The summed E-state index contributed by atoms with van der Waals surface area (Å²) in [5, 5.41) is 11.8. The Bertz CT molecular complexity index is 408. The molecule has 2 rings (SSSR count). The highest BCUT2D eigenvalue weighted by Crippen LogP contribution is 2.35. The van der Waals surface area contributed by atoms with Gasteiger partial charge in [-0.05, 0) is 24.6 Å². The zero-order valence-electron chi connectivity index (χ0n) is 8.10. The van der Waals surface area contributed by atoms with Crippen LogP contribution in [0.5, 0.6) is 5.75 Å². The van der Waals surface area contributed by atoms with Crippen LogP contribution in [-0.2, 0) is 4.79 Å². The minimum absolute atomic E-state index is 0.351. The van der Waals surface area contributed by atoms with Crippen LogP contribution in [0.1, 0.15) is 18.4 Å². The maximum Gasteiger partial charge on any atom is 0.310 e. The van der Waals surface area contributed by atoms with Crippen LogP contribution in [0.4, 0.5) is 5.69 Å². The number of anilines is 1. The van der Waals surface area contributed by atoms with Crippen molar-refractivity contribution in [3.05, 3.63) is 23.8 Å². The summed E-state index contributed by atoms with van der Waals surface area (Å²) in [4.78, 5) is 10.8. The monoisotopic (exact) mass is 225 g/mol. The Balaban J connectivity index is 2.31. The molecule has 0 aromatic heterocycles. The minimum atomic E-state index is -0.837. The molecule has 1 aromatic carbocycles. The van der Waals surface area contributed by atoms with Gasteiger partial charge in [-0.1, -0.05) is 6.07 Å². The van der Waals surface area contributed by atoms with Gasteiger partial charge in [-0.2, -0.15) is 0 Å². The molecule has 2 N–H and O–H groups in total. The average molecular weight is 225 g/mol. The second-order valence-electron chi connectivity index (χ2n) is 3.43. The number of thiol groups is 1. The Morgan fingerprint density at radius 2 is 2.40 bits per heavy atom. The molecule has 5 heteroatoms. The quantitative estimate of drug-likeness (QED) is 0.673. The molecule has 15 heavy (non-hydrogen) atoms. The van der Waals surface area contributed by atoms with Crippen molar-refractivity contribution in [1.82, 2.24) is 0 Å². The van der Waals surface area contributed by atoms with Crippen molar-refractivity contribution in [2.45, 2.75) is 18.4 Å². The first-order chi connectivity index (χ1) is 7.08. The van der Waals surface area contributed by atoms with Crippen molar-refractivity contribution in [2.75, 3.05) is 5.32 Å². The van der Waals surface area contributed by atoms with Gasteiger partial charge in [0.05, 0.1) is 11.6 Å². The molecule has 80 valence electrons. The van der Waals surface area contributed by atoms with E-state index >= 15 is 0 Å². The number of nitrogens with one attached hydrogen (secondary N) is 1. The van der Waals surface area contributed by atoms with E-state index in [0.29, 0.717) is 5.75 Å². The topological polar surface area (TPSA) is 58.6 Å². The highest BCUT2D eigenvalue weighted by atomic mass is 32.1. The van der Waals surface area contributed by atoms with E-state index < -0.39 is 11.9 Å². The number of rotatable bonds is 2. The van der Waals surface area contributed by atoms with E-state index in [4.69, 9.17) is 9.84 Å². The third-order valence-corrected chi connectivity index (χ3v) is 2.63. The molecule has 0 aliphatic carbocycles. The molecule has 1 aliphatic heterocycles. The second-order valence-corrected chi connectivity index (χ2v) is 3.90. The van der Waals surface area contributed by atoms with Crippen molar-refractivity contribution in [1.29, 1.82) is 0 Å². The van der Waals surface area contributed by atoms with Crippen molar-refractivity contribution < 1.29 is 14.6 Å². The standard InChI is InChI=1S/C10H11NO3S/c1-5(9(12)13)6-2-3-8-7(4-6)11-10(15)14-8/h2-5,10-11,15H,1H3,(H,12,13). The number of carboxylic acids is 1. The van der Waals surface area contributed by atoms with Crippen LogP contribution in [0, 0.1) is 0 Å². The lowest BCUT2D eigenvalue weighted by Crippen LogP contribution is -2.10. The molecule has 0 spiro atoms. The maximum absolute atomic E-state index is 10.8. The largest absolute Gasteiger partial charge is 0.481 e. The molecule has 2 atom stereocenters. The van der Waals surface area contributed by atoms with Gasteiger partial charge >= 0.3 is 5.97 Å². The van der Waals surface area contributed by atoms with Crippen molar-refractivity contribution in [2.24, 2.45) is 0 Å². The van der Waals surface area contributed by atoms with Gasteiger partial charge < -0.3 is 15.2 Å². The SMILES string of the molecule is CC(C(=O)O)c1ccc2c(c1)NC(S)O2. The minimum Gasteiger partial charge on any atom is -0.481 e. The predicted molar refractivity (Wildman–Crippen MR) is 59.5 cm³/mol. The Morgan fingerprint density at radius 3 is 3.07 bits per heavy atom. The molecule has 0 radical (unpaired) electrons. The van der Waals surface area contributed by atoms with E-state index in [1.807, 2.05) is 0 Å². The summed E-state index contributed by atoms with van der Waals surface area (Å²) in [5.74, 6) is -0.649.